The Morgan fingerprint density at radius 1 is 1.22 bits per heavy atom. The number of hydrogen-bond donors (Lipinski definition) is 1. The van der Waals surface area contributed by atoms with Crippen molar-refractivity contribution in [3.8, 4) is 0 Å². The van der Waals surface area contributed by atoms with Gasteiger partial charge in [-0.3, -0.25) is 0 Å². The maximum atomic E-state index is 3.70. The van der Waals surface area contributed by atoms with Crippen molar-refractivity contribution in [3.05, 3.63) is 0 Å². The van der Waals surface area contributed by atoms with E-state index in [1.807, 2.05) is 0 Å². The second-order valence-electron chi connectivity index (χ2n) is 7.01. The van der Waals surface area contributed by atoms with E-state index in [9.17, 15) is 0 Å². The minimum absolute atomic E-state index is 0.579. The molecule has 0 atom stereocenters. The zero-order valence-corrected chi connectivity index (χ0v) is 12.7. The van der Waals surface area contributed by atoms with Gasteiger partial charge in [0, 0.05) is 25.7 Å². The summed E-state index contributed by atoms with van der Waals surface area (Å²) < 4.78 is 0. The average Bonchev–Trinajstić information content (AvgIpc) is 3.04. The Balaban J connectivity index is 1.86. The molecule has 0 radical (unpaired) electrons. The molecule has 0 saturated heterocycles. The van der Waals surface area contributed by atoms with Gasteiger partial charge in [-0.05, 0) is 43.6 Å². The molecule has 1 N–H and O–H groups in total. The van der Waals surface area contributed by atoms with E-state index in [2.05, 4.69) is 31.0 Å². The van der Waals surface area contributed by atoms with Gasteiger partial charge in [-0.2, -0.15) is 0 Å². The fourth-order valence-corrected chi connectivity index (χ4v) is 3.38. The lowest BCUT2D eigenvalue weighted by Crippen LogP contribution is -2.44. The van der Waals surface area contributed by atoms with Gasteiger partial charge >= 0.3 is 0 Å². The third kappa shape index (κ3) is 4.24. The molecular weight excluding hydrogens is 220 g/mol. The van der Waals surface area contributed by atoms with E-state index < -0.39 is 0 Å². The third-order valence-corrected chi connectivity index (χ3v) is 4.77. The number of nitrogens with zero attached hydrogens (tertiary/aromatic N) is 1. The molecule has 2 heteroatoms. The molecule has 0 aliphatic heterocycles. The fraction of sp³-hybridized carbons (Fsp3) is 1.00. The van der Waals surface area contributed by atoms with Gasteiger partial charge in [0.05, 0.1) is 0 Å². The fourth-order valence-electron chi connectivity index (χ4n) is 3.38. The highest BCUT2D eigenvalue weighted by molar-refractivity contribution is 4.91. The number of nitrogens with one attached hydrogen (secondary N) is 1. The quantitative estimate of drug-likeness (QED) is 0.713. The molecule has 0 unspecified atom stereocenters. The Morgan fingerprint density at radius 3 is 2.39 bits per heavy atom. The first kappa shape index (κ1) is 14.3. The first-order chi connectivity index (χ1) is 8.63. The van der Waals surface area contributed by atoms with E-state index in [0.717, 1.165) is 5.92 Å². The van der Waals surface area contributed by atoms with Crippen molar-refractivity contribution in [2.45, 2.75) is 65.3 Å². The number of rotatable bonds is 8. The first-order valence-electron chi connectivity index (χ1n) is 8.09. The minimum atomic E-state index is 0.579. The Hall–Kier alpha value is -0.0800. The maximum absolute atomic E-state index is 3.70. The smallest absolute Gasteiger partial charge is 0.00501 e. The average molecular weight is 252 g/mol. The normalized spacial score (nSPS) is 23.2. The van der Waals surface area contributed by atoms with Crippen LogP contribution in [-0.2, 0) is 0 Å². The predicted octanol–water partition coefficient (Wildman–Crippen LogP) is 3.28. The molecule has 2 rings (SSSR count). The van der Waals surface area contributed by atoms with Crippen LogP contribution in [0.15, 0.2) is 0 Å². The molecule has 0 aromatic carbocycles. The predicted molar refractivity (Wildman–Crippen MR) is 78.9 cm³/mol. The van der Waals surface area contributed by atoms with Gasteiger partial charge in [0.25, 0.3) is 0 Å². The van der Waals surface area contributed by atoms with Crippen LogP contribution >= 0.6 is 0 Å². The van der Waals surface area contributed by atoms with Crippen molar-refractivity contribution in [2.24, 2.45) is 11.3 Å². The summed E-state index contributed by atoms with van der Waals surface area (Å²) in [6, 6.07) is 0.626. The summed E-state index contributed by atoms with van der Waals surface area (Å²) in [4.78, 5) is 2.73. The van der Waals surface area contributed by atoms with Gasteiger partial charge < -0.3 is 10.2 Å². The standard InChI is InChI=1S/C16H32N2/c1-4-18(11-15-7-8-15)13-16(9-5-6-10-16)12-17-14(2)3/h14-15,17H,4-13H2,1-3H3. The Bertz CT molecular complexity index is 239. The third-order valence-electron chi connectivity index (χ3n) is 4.77. The zero-order chi connectivity index (χ0) is 13.0. The van der Waals surface area contributed by atoms with Crippen LogP contribution in [-0.4, -0.2) is 37.1 Å². The minimum Gasteiger partial charge on any atom is -0.314 e. The molecule has 2 saturated carbocycles. The van der Waals surface area contributed by atoms with Gasteiger partial charge in [-0.25, -0.2) is 0 Å². The van der Waals surface area contributed by atoms with Crippen molar-refractivity contribution >= 4 is 0 Å². The maximum Gasteiger partial charge on any atom is 0.00501 e. The summed E-state index contributed by atoms with van der Waals surface area (Å²) in [6.45, 7) is 12.0. The van der Waals surface area contributed by atoms with Crippen molar-refractivity contribution in [1.82, 2.24) is 10.2 Å². The second-order valence-corrected chi connectivity index (χ2v) is 7.01. The van der Waals surface area contributed by atoms with Crippen LogP contribution in [0.1, 0.15) is 59.3 Å². The van der Waals surface area contributed by atoms with Gasteiger partial charge in [0.15, 0.2) is 0 Å². The Labute approximate surface area is 114 Å². The Kier molecular flexibility index (Phi) is 5.08. The molecule has 0 aromatic rings. The summed E-state index contributed by atoms with van der Waals surface area (Å²) >= 11 is 0. The topological polar surface area (TPSA) is 15.3 Å². The summed E-state index contributed by atoms with van der Waals surface area (Å²) in [5.74, 6) is 1.03. The van der Waals surface area contributed by atoms with E-state index in [4.69, 9.17) is 0 Å². The molecule has 0 bridgehead atoms. The van der Waals surface area contributed by atoms with Crippen LogP contribution in [0.2, 0.25) is 0 Å². The molecule has 2 aliphatic carbocycles. The molecule has 2 nitrogen and oxygen atoms in total. The highest BCUT2D eigenvalue weighted by Gasteiger charge is 2.36. The van der Waals surface area contributed by atoms with Crippen molar-refractivity contribution in [2.75, 3.05) is 26.2 Å². The van der Waals surface area contributed by atoms with Crippen LogP contribution in [0.3, 0.4) is 0 Å². The highest BCUT2D eigenvalue weighted by atomic mass is 15.1. The van der Waals surface area contributed by atoms with Crippen LogP contribution < -0.4 is 5.32 Å². The van der Waals surface area contributed by atoms with Gasteiger partial charge in [0.2, 0.25) is 0 Å². The second kappa shape index (κ2) is 6.38. The van der Waals surface area contributed by atoms with Crippen molar-refractivity contribution < 1.29 is 0 Å². The van der Waals surface area contributed by atoms with Gasteiger partial charge in [-0.1, -0.05) is 33.6 Å². The molecule has 0 spiro atoms. The van der Waals surface area contributed by atoms with Crippen LogP contribution in [0.4, 0.5) is 0 Å². The molecule has 2 aliphatic rings. The summed E-state index contributed by atoms with van der Waals surface area (Å²) in [6.07, 6.45) is 8.73. The van der Waals surface area contributed by atoms with E-state index in [0.29, 0.717) is 11.5 Å². The van der Waals surface area contributed by atoms with Crippen molar-refractivity contribution in [1.29, 1.82) is 0 Å². The summed E-state index contributed by atoms with van der Waals surface area (Å²) in [5, 5.41) is 3.70. The molecule has 18 heavy (non-hydrogen) atoms. The van der Waals surface area contributed by atoms with Crippen LogP contribution in [0, 0.1) is 11.3 Å². The lowest BCUT2D eigenvalue weighted by Gasteiger charge is -2.36. The zero-order valence-electron chi connectivity index (χ0n) is 12.7. The van der Waals surface area contributed by atoms with E-state index in [1.165, 1.54) is 64.7 Å². The molecule has 0 heterocycles. The van der Waals surface area contributed by atoms with Crippen LogP contribution in [0.25, 0.3) is 0 Å². The lowest BCUT2D eigenvalue weighted by atomic mass is 9.85. The Morgan fingerprint density at radius 2 is 1.89 bits per heavy atom. The highest BCUT2D eigenvalue weighted by Crippen LogP contribution is 2.39. The monoisotopic (exact) mass is 252 g/mol. The van der Waals surface area contributed by atoms with Crippen molar-refractivity contribution in [3.63, 3.8) is 0 Å². The van der Waals surface area contributed by atoms with E-state index in [-0.39, 0.29) is 0 Å². The molecule has 0 amide bonds. The summed E-state index contributed by atoms with van der Waals surface area (Å²) in [7, 11) is 0. The molecule has 2 fully saturated rings. The first-order valence-corrected chi connectivity index (χ1v) is 8.09. The van der Waals surface area contributed by atoms with Crippen LogP contribution in [0.5, 0.6) is 0 Å². The molecular formula is C16H32N2. The summed E-state index contributed by atoms with van der Waals surface area (Å²) in [5.41, 5.74) is 0.579. The lowest BCUT2D eigenvalue weighted by molar-refractivity contribution is 0.146. The number of hydrogen-bond acceptors (Lipinski definition) is 2. The largest absolute Gasteiger partial charge is 0.314 e. The van der Waals surface area contributed by atoms with Gasteiger partial charge in [0.1, 0.15) is 0 Å². The van der Waals surface area contributed by atoms with Gasteiger partial charge in [-0.15, -0.1) is 0 Å². The molecule has 106 valence electrons. The van der Waals surface area contributed by atoms with E-state index >= 15 is 0 Å². The molecule has 0 aromatic heterocycles. The SMILES string of the molecule is CCN(CC1CC1)CC1(CNC(C)C)CCCC1. The van der Waals surface area contributed by atoms with E-state index in [1.54, 1.807) is 0 Å².